The molecule has 1 aromatic heterocycles. The highest BCUT2D eigenvalue weighted by Crippen LogP contribution is 2.31. The summed E-state index contributed by atoms with van der Waals surface area (Å²) in [5, 5.41) is 17.9. The molecular weight excluding hydrogens is 390 g/mol. The Morgan fingerprint density at radius 2 is 1.93 bits per heavy atom. The van der Waals surface area contributed by atoms with E-state index >= 15 is 0 Å². The molecule has 0 atom stereocenters. The third-order valence-corrected chi connectivity index (χ3v) is 4.18. The number of amides is 3. The van der Waals surface area contributed by atoms with Gasteiger partial charge in [0.05, 0.1) is 17.4 Å². The Balaban J connectivity index is 1.51. The number of aromatic nitrogens is 2. The first-order valence-electron chi connectivity index (χ1n) is 8.78. The number of ether oxygens (including phenoxy) is 1. The van der Waals surface area contributed by atoms with Crippen LogP contribution in [0.25, 0.3) is 0 Å². The number of hydrogen-bond donors (Lipinski definition) is 4. The van der Waals surface area contributed by atoms with Crippen molar-refractivity contribution in [3.63, 3.8) is 0 Å². The van der Waals surface area contributed by atoms with Gasteiger partial charge >= 0.3 is 0 Å². The van der Waals surface area contributed by atoms with Crippen LogP contribution in [-0.2, 0) is 4.79 Å². The number of benzene rings is 2. The summed E-state index contributed by atoms with van der Waals surface area (Å²) < 4.78 is 5.33. The normalized spacial score (nSPS) is 12.2. The van der Waals surface area contributed by atoms with Gasteiger partial charge in [-0.3, -0.25) is 19.4 Å². The van der Waals surface area contributed by atoms with Crippen molar-refractivity contribution in [2.75, 3.05) is 22.6 Å². The maximum Gasteiger partial charge on any atom is 0.262 e. The third kappa shape index (κ3) is 4.02. The van der Waals surface area contributed by atoms with Crippen molar-refractivity contribution in [2.24, 2.45) is 0 Å². The highest BCUT2D eigenvalue weighted by molar-refractivity contribution is 6.10. The van der Waals surface area contributed by atoms with Crippen LogP contribution in [0.2, 0.25) is 0 Å². The molecule has 0 radical (unpaired) electrons. The lowest BCUT2D eigenvalue weighted by Gasteiger charge is -2.18. The average molecular weight is 405 g/mol. The summed E-state index contributed by atoms with van der Waals surface area (Å²) in [4.78, 5) is 44.2. The number of anilines is 3. The minimum atomic E-state index is -0.638. The SMILES string of the molecule is O=C1COc2cc(NC(=O)c3ccc(O)c(C(=O)Nc4cnccn4)c3)ccc2N1. The van der Waals surface area contributed by atoms with Gasteiger partial charge in [0.15, 0.2) is 12.4 Å². The molecule has 0 spiro atoms. The zero-order valence-electron chi connectivity index (χ0n) is 15.4. The Morgan fingerprint density at radius 1 is 1.07 bits per heavy atom. The van der Waals surface area contributed by atoms with Crippen LogP contribution in [0.1, 0.15) is 20.7 Å². The van der Waals surface area contributed by atoms with Crippen LogP contribution >= 0.6 is 0 Å². The second-order valence-corrected chi connectivity index (χ2v) is 6.28. The summed E-state index contributed by atoms with van der Waals surface area (Å²) in [6.07, 6.45) is 4.22. The first-order chi connectivity index (χ1) is 14.5. The first-order valence-corrected chi connectivity index (χ1v) is 8.78. The summed E-state index contributed by atoms with van der Waals surface area (Å²) in [6.45, 7) is -0.105. The fraction of sp³-hybridized carbons (Fsp3) is 0.0500. The van der Waals surface area contributed by atoms with Gasteiger partial charge in [-0.25, -0.2) is 4.98 Å². The highest BCUT2D eigenvalue weighted by Gasteiger charge is 2.18. The van der Waals surface area contributed by atoms with E-state index in [1.807, 2.05) is 0 Å². The molecule has 0 unspecified atom stereocenters. The van der Waals surface area contributed by atoms with E-state index in [2.05, 4.69) is 25.9 Å². The average Bonchev–Trinajstić information content (AvgIpc) is 2.74. The predicted octanol–water partition coefficient (Wildman–Crippen LogP) is 2.02. The summed E-state index contributed by atoms with van der Waals surface area (Å²) in [7, 11) is 0. The Hall–Kier alpha value is -4.47. The zero-order valence-corrected chi connectivity index (χ0v) is 15.4. The minimum Gasteiger partial charge on any atom is -0.507 e. The zero-order chi connectivity index (χ0) is 21.1. The van der Waals surface area contributed by atoms with Gasteiger partial charge in [0, 0.05) is 29.7 Å². The van der Waals surface area contributed by atoms with Crippen LogP contribution < -0.4 is 20.7 Å². The number of fused-ring (bicyclic) bond motifs is 1. The molecule has 0 fully saturated rings. The van der Waals surface area contributed by atoms with Crippen LogP contribution in [0.4, 0.5) is 17.2 Å². The molecule has 10 heteroatoms. The monoisotopic (exact) mass is 405 g/mol. The van der Waals surface area contributed by atoms with Crippen LogP contribution in [0.3, 0.4) is 0 Å². The van der Waals surface area contributed by atoms with E-state index in [-0.39, 0.29) is 35.2 Å². The topological polar surface area (TPSA) is 143 Å². The predicted molar refractivity (Wildman–Crippen MR) is 107 cm³/mol. The van der Waals surface area contributed by atoms with Gasteiger partial charge in [-0.15, -0.1) is 0 Å². The molecule has 2 heterocycles. The van der Waals surface area contributed by atoms with Gasteiger partial charge in [0.25, 0.3) is 17.7 Å². The van der Waals surface area contributed by atoms with Gasteiger partial charge in [-0.2, -0.15) is 0 Å². The van der Waals surface area contributed by atoms with Gasteiger partial charge in [-0.1, -0.05) is 0 Å². The lowest BCUT2D eigenvalue weighted by atomic mass is 10.1. The number of phenols is 1. The second-order valence-electron chi connectivity index (χ2n) is 6.28. The van der Waals surface area contributed by atoms with Crippen molar-refractivity contribution in [1.29, 1.82) is 0 Å². The largest absolute Gasteiger partial charge is 0.507 e. The molecule has 1 aliphatic heterocycles. The van der Waals surface area contributed by atoms with Crippen LogP contribution in [0.5, 0.6) is 11.5 Å². The van der Waals surface area contributed by atoms with Crippen molar-refractivity contribution in [1.82, 2.24) is 9.97 Å². The molecule has 30 heavy (non-hydrogen) atoms. The van der Waals surface area contributed by atoms with E-state index in [4.69, 9.17) is 4.74 Å². The summed E-state index contributed by atoms with van der Waals surface area (Å²) >= 11 is 0. The van der Waals surface area contributed by atoms with E-state index in [9.17, 15) is 19.5 Å². The van der Waals surface area contributed by atoms with Gasteiger partial charge in [-0.05, 0) is 30.3 Å². The molecular formula is C20H15N5O5. The minimum absolute atomic E-state index is 0.0928. The number of aromatic hydroxyl groups is 1. The van der Waals surface area contributed by atoms with E-state index in [1.165, 1.54) is 36.8 Å². The number of rotatable bonds is 4. The van der Waals surface area contributed by atoms with Crippen LogP contribution in [0, 0.1) is 0 Å². The molecule has 0 saturated carbocycles. The fourth-order valence-corrected chi connectivity index (χ4v) is 2.76. The van der Waals surface area contributed by atoms with Gasteiger partial charge < -0.3 is 25.8 Å². The van der Waals surface area contributed by atoms with Crippen molar-refractivity contribution in [2.45, 2.75) is 0 Å². The standard InChI is InChI=1S/C20H15N5O5/c26-15-4-1-11(7-13(15)20(29)25-17-9-21-5-6-22-17)19(28)23-12-2-3-14-16(8-12)30-10-18(27)24-14/h1-9,26H,10H2,(H,23,28)(H,24,27)(H,22,25,29). The number of carbonyl (C=O) groups excluding carboxylic acids is 3. The fourth-order valence-electron chi connectivity index (χ4n) is 2.76. The molecule has 0 saturated heterocycles. The number of phenolic OH excluding ortho intramolecular Hbond substituents is 1. The van der Waals surface area contributed by atoms with Crippen LogP contribution in [0.15, 0.2) is 55.0 Å². The van der Waals surface area contributed by atoms with Crippen molar-refractivity contribution < 1.29 is 24.2 Å². The highest BCUT2D eigenvalue weighted by atomic mass is 16.5. The smallest absolute Gasteiger partial charge is 0.262 e. The molecule has 1 aliphatic rings. The van der Waals surface area contributed by atoms with Crippen LogP contribution in [-0.4, -0.2) is 39.4 Å². The molecule has 10 nitrogen and oxygen atoms in total. The van der Waals surface area contributed by atoms with Crippen molar-refractivity contribution >= 4 is 34.9 Å². The van der Waals surface area contributed by atoms with Gasteiger partial charge in [0.2, 0.25) is 0 Å². The first kappa shape index (κ1) is 18.9. The molecule has 4 N–H and O–H groups in total. The Labute approximate surface area is 169 Å². The second kappa shape index (κ2) is 7.87. The number of hydrogen-bond acceptors (Lipinski definition) is 7. The molecule has 0 bridgehead atoms. The summed E-state index contributed by atoms with van der Waals surface area (Å²) in [5.74, 6) is -1.04. The summed E-state index contributed by atoms with van der Waals surface area (Å²) in [6, 6.07) is 8.71. The van der Waals surface area contributed by atoms with E-state index in [0.29, 0.717) is 17.1 Å². The number of nitrogens with one attached hydrogen (secondary N) is 3. The number of nitrogens with zero attached hydrogens (tertiary/aromatic N) is 2. The quantitative estimate of drug-likeness (QED) is 0.520. The molecule has 0 aliphatic carbocycles. The van der Waals surface area contributed by atoms with E-state index in [0.717, 1.165) is 0 Å². The molecule has 3 amide bonds. The Kier molecular flexibility index (Phi) is 4.95. The Bertz CT molecular complexity index is 1150. The molecule has 2 aromatic carbocycles. The molecule has 150 valence electrons. The third-order valence-electron chi connectivity index (χ3n) is 4.18. The maximum atomic E-state index is 12.6. The Morgan fingerprint density at radius 3 is 2.73 bits per heavy atom. The molecule has 4 rings (SSSR count). The van der Waals surface area contributed by atoms with Gasteiger partial charge in [0.1, 0.15) is 11.5 Å². The lowest BCUT2D eigenvalue weighted by molar-refractivity contribution is -0.118. The maximum absolute atomic E-state index is 12.6. The van der Waals surface area contributed by atoms with Crippen molar-refractivity contribution in [3.05, 3.63) is 66.1 Å². The summed E-state index contributed by atoms with van der Waals surface area (Å²) in [5.41, 5.74) is 1.01. The van der Waals surface area contributed by atoms with Crippen molar-refractivity contribution in [3.8, 4) is 11.5 Å². The van der Waals surface area contributed by atoms with E-state index in [1.54, 1.807) is 18.2 Å². The number of carbonyl (C=O) groups is 3. The molecule has 3 aromatic rings. The lowest BCUT2D eigenvalue weighted by Crippen LogP contribution is -2.25. The van der Waals surface area contributed by atoms with E-state index < -0.39 is 11.8 Å².